The van der Waals surface area contributed by atoms with Crippen molar-refractivity contribution in [2.75, 3.05) is 6.61 Å². The Morgan fingerprint density at radius 3 is 2.53 bits per heavy atom. The van der Waals surface area contributed by atoms with Crippen LogP contribution in [0, 0.1) is 0 Å². The van der Waals surface area contributed by atoms with E-state index in [0.29, 0.717) is 12.8 Å². The fourth-order valence-electron chi connectivity index (χ4n) is 1.36. The summed E-state index contributed by atoms with van der Waals surface area (Å²) in [4.78, 5) is 0. The zero-order chi connectivity index (χ0) is 11.1. The van der Waals surface area contributed by atoms with Crippen LogP contribution in [0.1, 0.15) is 25.3 Å². The minimum Gasteiger partial charge on any atom is -0.396 e. The van der Waals surface area contributed by atoms with Gasteiger partial charge in [-0.3, -0.25) is 0 Å². The molecule has 0 aliphatic heterocycles. The highest BCUT2D eigenvalue weighted by atomic mass is 16.3. The van der Waals surface area contributed by atoms with Gasteiger partial charge in [-0.2, -0.15) is 0 Å². The number of rotatable bonds is 5. The molecule has 0 aliphatic carbocycles. The molecule has 82 valence electrons. The van der Waals surface area contributed by atoms with Crippen LogP contribution in [0.5, 0.6) is 0 Å². The van der Waals surface area contributed by atoms with Crippen LogP contribution < -0.4 is 0 Å². The minimum atomic E-state index is -0.806. The van der Waals surface area contributed by atoms with E-state index >= 15 is 0 Å². The molecule has 2 heteroatoms. The highest BCUT2D eigenvalue weighted by molar-refractivity contribution is 5.48. The molecule has 0 radical (unpaired) electrons. The lowest BCUT2D eigenvalue weighted by molar-refractivity contribution is 0.0364. The van der Waals surface area contributed by atoms with Crippen LogP contribution in [0.2, 0.25) is 0 Å². The third-order valence-electron chi connectivity index (χ3n) is 2.32. The first-order valence-corrected chi connectivity index (χ1v) is 5.19. The molecule has 15 heavy (non-hydrogen) atoms. The molecule has 2 N–H and O–H groups in total. The van der Waals surface area contributed by atoms with Crippen molar-refractivity contribution < 1.29 is 10.2 Å². The molecule has 0 spiro atoms. The SMILES string of the molecule is CC(O)(CC=Cc1ccccc1)CCO. The Morgan fingerprint density at radius 1 is 1.27 bits per heavy atom. The number of hydrogen-bond acceptors (Lipinski definition) is 2. The Bertz CT molecular complexity index is 302. The molecule has 1 atom stereocenters. The maximum Gasteiger partial charge on any atom is 0.0676 e. The molecule has 1 unspecified atom stereocenters. The smallest absolute Gasteiger partial charge is 0.0676 e. The molecule has 0 aliphatic rings. The first-order valence-electron chi connectivity index (χ1n) is 5.19. The van der Waals surface area contributed by atoms with Gasteiger partial charge in [-0.25, -0.2) is 0 Å². The molecule has 0 bridgehead atoms. The molecule has 1 aromatic carbocycles. The van der Waals surface area contributed by atoms with Gasteiger partial charge >= 0.3 is 0 Å². The van der Waals surface area contributed by atoms with E-state index in [1.807, 2.05) is 42.5 Å². The molecule has 1 rings (SSSR count). The molecule has 2 nitrogen and oxygen atoms in total. The number of aliphatic hydroxyl groups excluding tert-OH is 1. The maximum atomic E-state index is 9.78. The quantitative estimate of drug-likeness (QED) is 0.775. The summed E-state index contributed by atoms with van der Waals surface area (Å²) in [6.07, 6.45) is 4.88. The van der Waals surface area contributed by atoms with Crippen molar-refractivity contribution in [3.63, 3.8) is 0 Å². The Balaban J connectivity index is 2.46. The van der Waals surface area contributed by atoms with E-state index in [-0.39, 0.29) is 6.61 Å². The van der Waals surface area contributed by atoms with E-state index in [1.165, 1.54) is 0 Å². The van der Waals surface area contributed by atoms with Gasteiger partial charge < -0.3 is 10.2 Å². The highest BCUT2D eigenvalue weighted by Gasteiger charge is 2.16. The van der Waals surface area contributed by atoms with Crippen LogP contribution in [0.4, 0.5) is 0 Å². The van der Waals surface area contributed by atoms with Crippen LogP contribution in [0.25, 0.3) is 6.08 Å². The number of benzene rings is 1. The van der Waals surface area contributed by atoms with E-state index in [1.54, 1.807) is 6.92 Å². The molecule has 0 fully saturated rings. The van der Waals surface area contributed by atoms with Crippen molar-refractivity contribution in [2.45, 2.75) is 25.4 Å². The van der Waals surface area contributed by atoms with Crippen LogP contribution in [-0.4, -0.2) is 22.4 Å². The monoisotopic (exact) mass is 206 g/mol. The maximum absolute atomic E-state index is 9.78. The summed E-state index contributed by atoms with van der Waals surface area (Å²) in [6, 6.07) is 9.95. The van der Waals surface area contributed by atoms with Gasteiger partial charge in [-0.15, -0.1) is 0 Å². The Morgan fingerprint density at radius 2 is 1.93 bits per heavy atom. The zero-order valence-corrected chi connectivity index (χ0v) is 9.06. The van der Waals surface area contributed by atoms with Crippen molar-refractivity contribution in [3.05, 3.63) is 42.0 Å². The lowest BCUT2D eigenvalue weighted by Crippen LogP contribution is -2.24. The third-order valence-corrected chi connectivity index (χ3v) is 2.32. The lowest BCUT2D eigenvalue weighted by atomic mass is 9.98. The van der Waals surface area contributed by atoms with Crippen molar-refractivity contribution in [1.82, 2.24) is 0 Å². The second-order valence-electron chi connectivity index (χ2n) is 3.99. The van der Waals surface area contributed by atoms with Crippen LogP contribution in [0.15, 0.2) is 36.4 Å². The topological polar surface area (TPSA) is 40.5 Å². The van der Waals surface area contributed by atoms with E-state index in [0.717, 1.165) is 5.56 Å². The third kappa shape index (κ3) is 4.77. The lowest BCUT2D eigenvalue weighted by Gasteiger charge is -2.19. The number of aliphatic hydroxyl groups is 2. The number of hydrogen-bond donors (Lipinski definition) is 2. The van der Waals surface area contributed by atoms with Crippen molar-refractivity contribution in [1.29, 1.82) is 0 Å². The summed E-state index contributed by atoms with van der Waals surface area (Å²) < 4.78 is 0. The molecule has 0 saturated carbocycles. The molecule has 1 aromatic rings. The van der Waals surface area contributed by atoms with Crippen LogP contribution >= 0.6 is 0 Å². The van der Waals surface area contributed by atoms with E-state index in [2.05, 4.69) is 0 Å². The summed E-state index contributed by atoms with van der Waals surface area (Å²) in [7, 11) is 0. The Labute approximate surface area is 90.9 Å². The summed E-state index contributed by atoms with van der Waals surface area (Å²) in [6.45, 7) is 1.75. The van der Waals surface area contributed by atoms with E-state index in [4.69, 9.17) is 5.11 Å². The highest BCUT2D eigenvalue weighted by Crippen LogP contribution is 2.15. The van der Waals surface area contributed by atoms with E-state index in [9.17, 15) is 5.11 Å². The summed E-state index contributed by atoms with van der Waals surface area (Å²) in [5.74, 6) is 0. The van der Waals surface area contributed by atoms with Gasteiger partial charge in [0.2, 0.25) is 0 Å². The van der Waals surface area contributed by atoms with Crippen LogP contribution in [0.3, 0.4) is 0 Å². The predicted molar refractivity (Wildman–Crippen MR) is 62.4 cm³/mol. The average Bonchev–Trinajstić information content (AvgIpc) is 2.19. The summed E-state index contributed by atoms with van der Waals surface area (Å²) in [5.41, 5.74) is 0.317. The van der Waals surface area contributed by atoms with Gasteiger partial charge in [0.05, 0.1) is 5.60 Å². The van der Waals surface area contributed by atoms with Crippen molar-refractivity contribution >= 4 is 6.08 Å². The molecular formula is C13H18O2. The van der Waals surface area contributed by atoms with Crippen molar-refractivity contribution in [3.8, 4) is 0 Å². The van der Waals surface area contributed by atoms with Crippen LogP contribution in [-0.2, 0) is 0 Å². The second kappa shape index (κ2) is 5.69. The van der Waals surface area contributed by atoms with Gasteiger partial charge in [0.1, 0.15) is 0 Å². The molecule has 0 amide bonds. The molecule has 0 aromatic heterocycles. The van der Waals surface area contributed by atoms with E-state index < -0.39 is 5.60 Å². The first kappa shape index (κ1) is 12.0. The van der Waals surface area contributed by atoms with Gasteiger partial charge in [0.25, 0.3) is 0 Å². The predicted octanol–water partition coefficient (Wildman–Crippen LogP) is 2.22. The zero-order valence-electron chi connectivity index (χ0n) is 9.06. The van der Waals surface area contributed by atoms with Crippen molar-refractivity contribution in [2.24, 2.45) is 0 Å². The van der Waals surface area contributed by atoms with Gasteiger partial charge in [-0.05, 0) is 25.3 Å². The Hall–Kier alpha value is -1.12. The van der Waals surface area contributed by atoms with Gasteiger partial charge in [0, 0.05) is 6.61 Å². The fourth-order valence-corrected chi connectivity index (χ4v) is 1.36. The second-order valence-corrected chi connectivity index (χ2v) is 3.99. The fraction of sp³-hybridized carbons (Fsp3) is 0.385. The summed E-state index contributed by atoms with van der Waals surface area (Å²) in [5, 5.41) is 18.5. The Kier molecular flexibility index (Phi) is 4.53. The van der Waals surface area contributed by atoms with Gasteiger partial charge in [-0.1, -0.05) is 42.5 Å². The average molecular weight is 206 g/mol. The standard InChI is InChI=1S/C13H18O2/c1-13(15,10-11-14)9-5-8-12-6-3-2-4-7-12/h2-8,14-15H,9-11H2,1H3. The molecular weight excluding hydrogens is 188 g/mol. The largest absolute Gasteiger partial charge is 0.396 e. The molecule has 0 saturated heterocycles. The van der Waals surface area contributed by atoms with Gasteiger partial charge in [0.15, 0.2) is 0 Å². The normalized spacial score (nSPS) is 15.4. The summed E-state index contributed by atoms with van der Waals surface area (Å²) >= 11 is 0. The first-order chi connectivity index (χ1) is 7.14. The molecule has 0 heterocycles. The minimum absolute atomic E-state index is 0.0200.